The zero-order valence-corrected chi connectivity index (χ0v) is 14.9. The van der Waals surface area contributed by atoms with E-state index in [1.165, 1.54) is 24.3 Å². The Morgan fingerprint density at radius 2 is 1.34 bits per heavy atom. The van der Waals surface area contributed by atoms with Crippen LogP contribution in [0.2, 0.25) is 0 Å². The van der Waals surface area contributed by atoms with Gasteiger partial charge in [-0.05, 0) is 29.3 Å². The standard InChI is InChI=1S/C20H14N4O5/c25-20-21-16(9-7-14-3-1-5-18(11-14)23(26)27)13-17(22-20)10-8-15-4-2-6-19(12-15)24(28)29/h1-13H,(H,21,22,25). The molecular weight excluding hydrogens is 376 g/mol. The van der Waals surface area contributed by atoms with Gasteiger partial charge < -0.3 is 4.98 Å². The van der Waals surface area contributed by atoms with E-state index < -0.39 is 15.5 Å². The number of nitro groups is 2. The minimum Gasteiger partial charge on any atom is -0.306 e. The number of hydrogen-bond acceptors (Lipinski definition) is 6. The Kier molecular flexibility index (Phi) is 5.69. The van der Waals surface area contributed by atoms with Gasteiger partial charge in [0.15, 0.2) is 0 Å². The molecule has 0 saturated heterocycles. The van der Waals surface area contributed by atoms with Gasteiger partial charge in [-0.15, -0.1) is 0 Å². The first-order valence-corrected chi connectivity index (χ1v) is 8.37. The van der Waals surface area contributed by atoms with E-state index in [9.17, 15) is 25.0 Å². The summed E-state index contributed by atoms with van der Waals surface area (Å²) >= 11 is 0. The normalized spacial score (nSPS) is 11.2. The van der Waals surface area contributed by atoms with Crippen LogP contribution in [-0.2, 0) is 0 Å². The van der Waals surface area contributed by atoms with Crippen molar-refractivity contribution in [2.45, 2.75) is 0 Å². The number of aromatic amines is 1. The molecule has 9 heteroatoms. The monoisotopic (exact) mass is 390 g/mol. The molecule has 0 aliphatic heterocycles. The van der Waals surface area contributed by atoms with Gasteiger partial charge in [0.05, 0.1) is 15.5 Å². The summed E-state index contributed by atoms with van der Waals surface area (Å²) in [5, 5.41) is 21.7. The molecule has 144 valence electrons. The van der Waals surface area contributed by atoms with Crippen LogP contribution in [0.5, 0.6) is 0 Å². The molecule has 1 N–H and O–H groups in total. The Hall–Kier alpha value is -4.40. The highest BCUT2D eigenvalue weighted by Crippen LogP contribution is 2.17. The molecule has 0 amide bonds. The number of benzene rings is 2. The lowest BCUT2D eigenvalue weighted by Crippen LogP contribution is -2.12. The van der Waals surface area contributed by atoms with Crippen LogP contribution in [0.25, 0.3) is 24.3 Å². The maximum atomic E-state index is 11.8. The SMILES string of the molecule is O=c1nc(C=Cc2cccc([N+](=O)[O-])c2)cc(C=Cc2cccc([N+](=O)[O-])c2)[nH]1. The maximum absolute atomic E-state index is 11.8. The fraction of sp³-hybridized carbons (Fsp3) is 0. The van der Waals surface area contributed by atoms with Crippen LogP contribution < -0.4 is 5.69 Å². The van der Waals surface area contributed by atoms with Crippen molar-refractivity contribution in [1.29, 1.82) is 0 Å². The van der Waals surface area contributed by atoms with E-state index in [0.29, 0.717) is 22.5 Å². The van der Waals surface area contributed by atoms with E-state index >= 15 is 0 Å². The largest absolute Gasteiger partial charge is 0.345 e. The number of rotatable bonds is 6. The smallest absolute Gasteiger partial charge is 0.306 e. The summed E-state index contributed by atoms with van der Waals surface area (Å²) in [6.45, 7) is 0. The molecule has 3 rings (SSSR count). The summed E-state index contributed by atoms with van der Waals surface area (Å²) in [6, 6.07) is 13.7. The zero-order valence-electron chi connectivity index (χ0n) is 14.9. The third-order valence-electron chi connectivity index (χ3n) is 3.85. The summed E-state index contributed by atoms with van der Waals surface area (Å²) in [7, 11) is 0. The highest BCUT2D eigenvalue weighted by atomic mass is 16.6. The molecule has 0 radical (unpaired) electrons. The highest BCUT2D eigenvalue weighted by molar-refractivity contribution is 5.72. The molecule has 0 fully saturated rings. The highest BCUT2D eigenvalue weighted by Gasteiger charge is 2.05. The minimum absolute atomic E-state index is 0.0315. The molecule has 3 aromatic rings. The van der Waals surface area contributed by atoms with Crippen molar-refractivity contribution < 1.29 is 9.85 Å². The van der Waals surface area contributed by atoms with Crippen LogP contribution in [0.3, 0.4) is 0 Å². The van der Waals surface area contributed by atoms with Crippen LogP contribution in [0.4, 0.5) is 11.4 Å². The van der Waals surface area contributed by atoms with Crippen molar-refractivity contribution in [3.8, 4) is 0 Å². The van der Waals surface area contributed by atoms with Crippen LogP contribution in [-0.4, -0.2) is 19.8 Å². The lowest BCUT2D eigenvalue weighted by atomic mass is 10.1. The second-order valence-electron chi connectivity index (χ2n) is 5.94. The fourth-order valence-electron chi connectivity index (χ4n) is 2.52. The molecule has 0 unspecified atom stereocenters. The summed E-state index contributed by atoms with van der Waals surface area (Å²) < 4.78 is 0. The first kappa shape index (κ1) is 19.4. The summed E-state index contributed by atoms with van der Waals surface area (Å²) in [5.74, 6) is 0. The van der Waals surface area contributed by atoms with Crippen molar-refractivity contribution in [2.24, 2.45) is 0 Å². The lowest BCUT2D eigenvalue weighted by Gasteiger charge is -1.98. The Balaban J connectivity index is 1.84. The molecule has 0 bridgehead atoms. The fourth-order valence-corrected chi connectivity index (χ4v) is 2.52. The Morgan fingerprint density at radius 3 is 1.90 bits per heavy atom. The number of aromatic nitrogens is 2. The molecule has 1 heterocycles. The Morgan fingerprint density at radius 1 is 0.793 bits per heavy atom. The molecule has 0 saturated carbocycles. The second-order valence-corrected chi connectivity index (χ2v) is 5.94. The van der Waals surface area contributed by atoms with Crippen LogP contribution >= 0.6 is 0 Å². The maximum Gasteiger partial charge on any atom is 0.345 e. The van der Waals surface area contributed by atoms with Gasteiger partial charge in [-0.1, -0.05) is 36.4 Å². The van der Waals surface area contributed by atoms with Crippen molar-refractivity contribution in [1.82, 2.24) is 9.97 Å². The summed E-state index contributed by atoms with van der Waals surface area (Å²) in [4.78, 5) is 38.9. The molecule has 0 atom stereocenters. The first-order chi connectivity index (χ1) is 13.9. The van der Waals surface area contributed by atoms with Gasteiger partial charge >= 0.3 is 5.69 Å². The molecule has 0 spiro atoms. The number of non-ortho nitro benzene ring substituents is 2. The molecule has 29 heavy (non-hydrogen) atoms. The van der Waals surface area contributed by atoms with Crippen molar-refractivity contribution >= 4 is 35.7 Å². The average Bonchev–Trinajstić information content (AvgIpc) is 2.71. The van der Waals surface area contributed by atoms with Crippen molar-refractivity contribution in [2.75, 3.05) is 0 Å². The molecular formula is C20H14N4O5. The third kappa shape index (κ3) is 5.30. The number of nitrogens with one attached hydrogen (secondary N) is 1. The molecule has 1 aromatic heterocycles. The zero-order chi connectivity index (χ0) is 20.8. The van der Waals surface area contributed by atoms with Gasteiger partial charge in [-0.25, -0.2) is 4.79 Å². The summed E-state index contributed by atoms with van der Waals surface area (Å²) in [5.41, 5.74) is 1.38. The van der Waals surface area contributed by atoms with Crippen molar-refractivity contribution in [3.05, 3.63) is 108 Å². The van der Waals surface area contributed by atoms with Gasteiger partial charge in [0.2, 0.25) is 0 Å². The quantitative estimate of drug-likeness (QED) is 0.501. The average molecular weight is 390 g/mol. The topological polar surface area (TPSA) is 132 Å². The van der Waals surface area contributed by atoms with Gasteiger partial charge in [-0.2, -0.15) is 4.98 Å². The van der Waals surface area contributed by atoms with Gasteiger partial charge in [0, 0.05) is 30.0 Å². The van der Waals surface area contributed by atoms with Gasteiger partial charge in [0.25, 0.3) is 11.4 Å². The van der Waals surface area contributed by atoms with E-state index in [1.807, 2.05) is 0 Å². The number of hydrogen-bond donors (Lipinski definition) is 1. The van der Waals surface area contributed by atoms with Crippen LogP contribution in [0.1, 0.15) is 22.5 Å². The summed E-state index contributed by atoms with van der Waals surface area (Å²) in [6.07, 6.45) is 6.42. The van der Waals surface area contributed by atoms with E-state index in [4.69, 9.17) is 0 Å². The number of nitrogens with zero attached hydrogens (tertiary/aromatic N) is 3. The predicted octanol–water partition coefficient (Wildman–Crippen LogP) is 3.93. The molecule has 0 aliphatic rings. The number of nitro benzene ring substituents is 2. The second kappa shape index (κ2) is 8.53. The van der Waals surface area contributed by atoms with Gasteiger partial charge in [-0.3, -0.25) is 20.2 Å². The minimum atomic E-state index is -0.565. The molecule has 9 nitrogen and oxygen atoms in total. The molecule has 2 aromatic carbocycles. The van der Waals surface area contributed by atoms with Crippen molar-refractivity contribution in [3.63, 3.8) is 0 Å². The lowest BCUT2D eigenvalue weighted by molar-refractivity contribution is -0.385. The Labute approximate surface area is 164 Å². The Bertz CT molecular complexity index is 1110. The third-order valence-corrected chi connectivity index (χ3v) is 3.85. The van der Waals surface area contributed by atoms with Crippen LogP contribution in [0.15, 0.2) is 59.4 Å². The van der Waals surface area contributed by atoms with Crippen LogP contribution in [0, 0.1) is 20.2 Å². The van der Waals surface area contributed by atoms with E-state index in [-0.39, 0.29) is 11.4 Å². The van der Waals surface area contributed by atoms with E-state index in [2.05, 4.69) is 9.97 Å². The molecule has 0 aliphatic carbocycles. The van der Waals surface area contributed by atoms with E-state index in [1.54, 1.807) is 54.6 Å². The van der Waals surface area contributed by atoms with Gasteiger partial charge in [0.1, 0.15) is 0 Å². The first-order valence-electron chi connectivity index (χ1n) is 8.37. The van der Waals surface area contributed by atoms with E-state index in [0.717, 1.165) is 0 Å². The number of H-pyrrole nitrogens is 1. The predicted molar refractivity (Wildman–Crippen MR) is 109 cm³/mol.